The molecule has 0 saturated heterocycles. The van der Waals surface area contributed by atoms with Crippen molar-refractivity contribution in [2.45, 2.75) is 12.0 Å². The Morgan fingerprint density at radius 3 is 2.86 bits per heavy atom. The minimum atomic E-state index is -0.381. The van der Waals surface area contributed by atoms with E-state index in [4.69, 9.17) is 0 Å². The fourth-order valence-electron chi connectivity index (χ4n) is 3.24. The van der Waals surface area contributed by atoms with Crippen LogP contribution >= 0.6 is 0 Å². The molecular formula is C20H17FN4O2Se. The molecule has 1 unspecified atom stereocenters. The van der Waals surface area contributed by atoms with E-state index in [-0.39, 0.29) is 31.7 Å². The van der Waals surface area contributed by atoms with E-state index in [1.54, 1.807) is 29.4 Å². The fraction of sp³-hybridized carbons (Fsp3) is 0.100. The van der Waals surface area contributed by atoms with Crippen LogP contribution < -0.4 is 15.1 Å². The van der Waals surface area contributed by atoms with Gasteiger partial charge in [0, 0.05) is 0 Å². The molecule has 0 saturated carbocycles. The molecule has 4 rings (SSSR count). The van der Waals surface area contributed by atoms with Crippen molar-refractivity contribution in [1.82, 2.24) is 10.3 Å². The van der Waals surface area contributed by atoms with E-state index in [1.165, 1.54) is 19.1 Å². The predicted octanol–water partition coefficient (Wildman–Crippen LogP) is 2.71. The summed E-state index contributed by atoms with van der Waals surface area (Å²) in [7, 11) is 0. The summed E-state index contributed by atoms with van der Waals surface area (Å²) in [6, 6.07) is 13.9. The monoisotopic (exact) mass is 444 g/mol. The maximum atomic E-state index is 13.8. The molecule has 6 nitrogen and oxygen atoms in total. The van der Waals surface area contributed by atoms with Gasteiger partial charge in [-0.2, -0.15) is 0 Å². The van der Waals surface area contributed by atoms with E-state index in [0.717, 1.165) is 16.6 Å². The quantitative estimate of drug-likeness (QED) is 0.471. The molecule has 1 aliphatic heterocycles. The first kappa shape index (κ1) is 18.3. The summed E-state index contributed by atoms with van der Waals surface area (Å²) >= 11 is -0.280. The van der Waals surface area contributed by atoms with E-state index in [2.05, 4.69) is 10.3 Å². The Morgan fingerprint density at radius 2 is 2.11 bits per heavy atom. The average Bonchev–Trinajstić information content (AvgIpc) is 3.27. The van der Waals surface area contributed by atoms with Crippen molar-refractivity contribution < 1.29 is 14.0 Å². The van der Waals surface area contributed by atoms with Crippen molar-refractivity contribution >= 4 is 49.6 Å². The van der Waals surface area contributed by atoms with Crippen LogP contribution in [0.1, 0.15) is 6.92 Å². The Balaban J connectivity index is 1.80. The Kier molecular flexibility index (Phi) is 4.90. The number of anilines is 2. The first-order chi connectivity index (χ1) is 13.6. The number of hydrogen-bond donors (Lipinski definition) is 2. The third-order valence-corrected chi connectivity index (χ3v) is 6.78. The number of amides is 2. The number of para-hydroxylation sites is 1. The Labute approximate surface area is 167 Å². The summed E-state index contributed by atoms with van der Waals surface area (Å²) in [5.41, 5.74) is 2.28. The number of aromatic nitrogens is 1. The molecule has 2 N–H and O–H groups in total. The molecule has 1 aliphatic rings. The number of nitrogens with one attached hydrogen (secondary N) is 2. The molecule has 1 atom stereocenters. The number of carbonyl (C=O) groups is 2. The van der Waals surface area contributed by atoms with Crippen LogP contribution in [0, 0.1) is 5.82 Å². The van der Waals surface area contributed by atoms with Gasteiger partial charge in [-0.05, 0) is 0 Å². The molecule has 28 heavy (non-hydrogen) atoms. The number of aromatic amines is 1. The van der Waals surface area contributed by atoms with Crippen molar-refractivity contribution in [3.05, 3.63) is 71.3 Å². The summed E-state index contributed by atoms with van der Waals surface area (Å²) in [4.78, 5) is 30.4. The first-order valence-electron chi connectivity index (χ1n) is 8.57. The molecule has 2 heterocycles. The molecule has 142 valence electrons. The standard InChI is InChI=1S/C20H17FN4O2Se/c1-13(27)25(18-10-22-17-8-3-2-7-16(17)18)20-24(11-19(28-20)23-12-26)15-6-4-5-14(21)9-15/h2-12,20,22H,1H3,(H,23,26). The van der Waals surface area contributed by atoms with E-state index >= 15 is 0 Å². The van der Waals surface area contributed by atoms with Crippen LogP contribution in [-0.4, -0.2) is 37.3 Å². The van der Waals surface area contributed by atoms with E-state index in [1.807, 2.05) is 29.2 Å². The van der Waals surface area contributed by atoms with Crippen LogP contribution in [0.3, 0.4) is 0 Å². The number of H-pyrrole nitrogens is 1. The van der Waals surface area contributed by atoms with Crippen LogP contribution in [0.2, 0.25) is 0 Å². The minimum absolute atomic E-state index is 0.140. The van der Waals surface area contributed by atoms with Crippen LogP contribution in [0.4, 0.5) is 15.8 Å². The van der Waals surface area contributed by atoms with E-state index in [0.29, 0.717) is 16.7 Å². The molecule has 0 fully saturated rings. The molecule has 1 aromatic heterocycles. The molecule has 2 aromatic carbocycles. The summed E-state index contributed by atoms with van der Waals surface area (Å²) in [5, 5.41) is 3.23. The third kappa shape index (κ3) is 3.28. The molecule has 0 spiro atoms. The Morgan fingerprint density at radius 1 is 1.29 bits per heavy atom. The van der Waals surface area contributed by atoms with E-state index < -0.39 is 0 Å². The second-order valence-corrected chi connectivity index (χ2v) is 8.50. The van der Waals surface area contributed by atoms with Crippen molar-refractivity contribution in [2.24, 2.45) is 0 Å². The summed E-state index contributed by atoms with van der Waals surface area (Å²) in [6.45, 7) is 1.51. The maximum absolute atomic E-state index is 13.8. The topological polar surface area (TPSA) is 68.4 Å². The van der Waals surface area contributed by atoms with Gasteiger partial charge in [0.2, 0.25) is 0 Å². The molecule has 8 heteroatoms. The van der Waals surface area contributed by atoms with Crippen LogP contribution in [0.5, 0.6) is 0 Å². The van der Waals surface area contributed by atoms with Gasteiger partial charge in [-0.15, -0.1) is 0 Å². The normalized spacial score (nSPS) is 16.1. The van der Waals surface area contributed by atoms with Crippen molar-refractivity contribution in [3.8, 4) is 0 Å². The third-order valence-electron chi connectivity index (χ3n) is 4.42. The molecule has 0 bridgehead atoms. The van der Waals surface area contributed by atoms with Gasteiger partial charge < -0.3 is 0 Å². The molecule has 3 aromatic rings. The van der Waals surface area contributed by atoms with Gasteiger partial charge in [-0.1, -0.05) is 0 Å². The number of halogens is 1. The SMILES string of the molecule is CC(=O)N(c1c[nH]c2ccccc12)C1[Se]C(NC=O)=CN1c1cccc(F)c1. The van der Waals surface area contributed by atoms with Crippen molar-refractivity contribution in [1.29, 1.82) is 0 Å². The number of hydrogen-bond acceptors (Lipinski definition) is 3. The summed E-state index contributed by atoms with van der Waals surface area (Å²) in [5.74, 6) is -0.505. The second kappa shape index (κ2) is 7.50. The van der Waals surface area contributed by atoms with E-state index in [9.17, 15) is 14.0 Å². The van der Waals surface area contributed by atoms with Gasteiger partial charge in [0.25, 0.3) is 0 Å². The van der Waals surface area contributed by atoms with Crippen LogP contribution in [0.15, 0.2) is 65.5 Å². The fourth-order valence-corrected chi connectivity index (χ4v) is 5.71. The number of carbonyl (C=O) groups excluding carboxylic acids is 2. The summed E-state index contributed by atoms with van der Waals surface area (Å²) < 4.78 is 14.5. The number of nitrogens with zero attached hydrogens (tertiary/aromatic N) is 2. The zero-order valence-electron chi connectivity index (χ0n) is 14.9. The van der Waals surface area contributed by atoms with Gasteiger partial charge in [-0.25, -0.2) is 0 Å². The van der Waals surface area contributed by atoms with Gasteiger partial charge in [-0.3, -0.25) is 0 Å². The average molecular weight is 443 g/mol. The van der Waals surface area contributed by atoms with Gasteiger partial charge in [0.05, 0.1) is 0 Å². The number of fused-ring (bicyclic) bond motifs is 1. The Hall–Kier alpha value is -3.09. The predicted molar refractivity (Wildman–Crippen MR) is 107 cm³/mol. The molecule has 0 radical (unpaired) electrons. The summed E-state index contributed by atoms with van der Waals surface area (Å²) in [6.07, 6.45) is 4.18. The molecular weight excluding hydrogens is 426 g/mol. The van der Waals surface area contributed by atoms with Crippen LogP contribution in [-0.2, 0) is 9.59 Å². The zero-order chi connectivity index (χ0) is 19.7. The first-order valence-corrected chi connectivity index (χ1v) is 10.4. The van der Waals surface area contributed by atoms with Gasteiger partial charge in [0.1, 0.15) is 0 Å². The van der Waals surface area contributed by atoms with Crippen molar-refractivity contribution in [3.63, 3.8) is 0 Å². The molecule has 2 amide bonds. The Bertz CT molecular complexity index is 1080. The number of rotatable bonds is 5. The zero-order valence-corrected chi connectivity index (χ0v) is 16.6. The molecule has 0 aliphatic carbocycles. The van der Waals surface area contributed by atoms with Crippen LogP contribution in [0.25, 0.3) is 10.9 Å². The van der Waals surface area contributed by atoms with Crippen molar-refractivity contribution in [2.75, 3.05) is 9.80 Å². The second-order valence-electron chi connectivity index (χ2n) is 6.20. The van der Waals surface area contributed by atoms with Gasteiger partial charge in [0.15, 0.2) is 0 Å². The number of benzene rings is 2. The van der Waals surface area contributed by atoms with Gasteiger partial charge >= 0.3 is 167 Å².